The van der Waals surface area contributed by atoms with Crippen molar-refractivity contribution in [3.63, 3.8) is 0 Å². The van der Waals surface area contributed by atoms with Crippen molar-refractivity contribution >= 4 is 17.4 Å². The average molecular weight is 281 g/mol. The molecule has 0 amide bonds. The Morgan fingerprint density at radius 3 is 2.32 bits per heavy atom. The highest BCUT2D eigenvalue weighted by Gasteiger charge is 2.08. The second-order valence-electron chi connectivity index (χ2n) is 4.27. The second kappa shape index (κ2) is 5.93. The van der Waals surface area contributed by atoms with Crippen molar-refractivity contribution in [3.05, 3.63) is 70.2 Å². The zero-order valence-corrected chi connectivity index (χ0v) is 10.8. The number of hydrogen-bond donors (Lipinski definition) is 0. The summed E-state index contributed by atoms with van der Waals surface area (Å²) in [4.78, 5) is 11.8. The maximum Gasteiger partial charge on any atom is 0.141 e. The maximum absolute atomic E-state index is 13.0. The summed E-state index contributed by atoms with van der Waals surface area (Å²) >= 11 is 5.64. The van der Waals surface area contributed by atoms with Gasteiger partial charge in [-0.25, -0.2) is 8.78 Å². The first-order valence-electron chi connectivity index (χ1n) is 5.74. The van der Waals surface area contributed by atoms with Crippen molar-refractivity contribution in [1.29, 1.82) is 0 Å². The molecular weight excluding hydrogens is 270 g/mol. The van der Waals surface area contributed by atoms with Gasteiger partial charge in [0.25, 0.3) is 0 Å². The molecule has 0 aliphatic heterocycles. The van der Waals surface area contributed by atoms with Crippen LogP contribution >= 0.6 is 11.6 Å². The Morgan fingerprint density at radius 2 is 1.68 bits per heavy atom. The number of benzene rings is 2. The van der Waals surface area contributed by atoms with Gasteiger partial charge < -0.3 is 0 Å². The molecule has 0 saturated carbocycles. The number of rotatable bonds is 4. The van der Waals surface area contributed by atoms with Gasteiger partial charge in [0.1, 0.15) is 17.4 Å². The lowest BCUT2D eigenvalue weighted by atomic mass is 10.0. The Bertz CT molecular complexity index is 611. The monoisotopic (exact) mass is 280 g/mol. The van der Waals surface area contributed by atoms with Gasteiger partial charge in [-0.15, -0.1) is 0 Å². The molecule has 2 rings (SSSR count). The van der Waals surface area contributed by atoms with E-state index in [0.717, 1.165) is 0 Å². The van der Waals surface area contributed by atoms with Crippen LogP contribution in [0.1, 0.15) is 11.1 Å². The topological polar surface area (TPSA) is 17.1 Å². The molecule has 0 fully saturated rings. The molecule has 0 atom stereocenters. The number of Topliss-reactive ketones (excluding diaryl/α,β-unsaturated/α-hetero) is 1. The lowest BCUT2D eigenvalue weighted by Gasteiger charge is -2.03. The highest BCUT2D eigenvalue weighted by atomic mass is 35.5. The predicted octanol–water partition coefficient (Wildman–Crippen LogP) is 3.97. The summed E-state index contributed by atoms with van der Waals surface area (Å²) in [5, 5.41) is -0.00365. The quantitative estimate of drug-likeness (QED) is 0.828. The van der Waals surface area contributed by atoms with E-state index in [1.165, 1.54) is 30.3 Å². The van der Waals surface area contributed by atoms with Crippen molar-refractivity contribution in [1.82, 2.24) is 0 Å². The minimum Gasteiger partial charge on any atom is -0.299 e. The van der Waals surface area contributed by atoms with Gasteiger partial charge in [-0.2, -0.15) is 0 Å². The van der Waals surface area contributed by atoms with Crippen LogP contribution in [0.15, 0.2) is 42.5 Å². The van der Waals surface area contributed by atoms with Gasteiger partial charge in [0.05, 0.1) is 5.02 Å². The number of carbonyl (C=O) groups is 1. The minimum absolute atomic E-state index is 0.00365. The van der Waals surface area contributed by atoms with Crippen molar-refractivity contribution < 1.29 is 13.6 Å². The molecule has 19 heavy (non-hydrogen) atoms. The van der Waals surface area contributed by atoms with E-state index in [4.69, 9.17) is 11.6 Å². The smallest absolute Gasteiger partial charge is 0.141 e. The molecule has 0 spiro atoms. The van der Waals surface area contributed by atoms with E-state index in [9.17, 15) is 13.6 Å². The van der Waals surface area contributed by atoms with Crippen molar-refractivity contribution in [2.75, 3.05) is 0 Å². The molecule has 0 aromatic heterocycles. The largest absolute Gasteiger partial charge is 0.299 e. The SMILES string of the molecule is O=C(Cc1cccc(F)c1)Cc1ccc(F)c(Cl)c1. The normalized spacial score (nSPS) is 10.5. The summed E-state index contributed by atoms with van der Waals surface area (Å²) in [6.07, 6.45) is 0.295. The molecule has 4 heteroatoms. The number of halogens is 3. The van der Waals surface area contributed by atoms with Gasteiger partial charge in [0, 0.05) is 12.8 Å². The molecule has 0 unspecified atom stereocenters. The summed E-state index contributed by atoms with van der Waals surface area (Å²) < 4.78 is 25.9. The maximum atomic E-state index is 13.0. The highest BCUT2D eigenvalue weighted by Crippen LogP contribution is 2.17. The summed E-state index contributed by atoms with van der Waals surface area (Å²) in [6, 6.07) is 10.1. The van der Waals surface area contributed by atoms with E-state index in [1.54, 1.807) is 12.1 Å². The molecule has 0 saturated heterocycles. The van der Waals surface area contributed by atoms with Crippen LogP contribution in [0.25, 0.3) is 0 Å². The molecule has 0 N–H and O–H groups in total. The summed E-state index contributed by atoms with van der Waals surface area (Å²) in [6.45, 7) is 0. The third-order valence-electron chi connectivity index (χ3n) is 2.68. The molecule has 0 bridgehead atoms. The third kappa shape index (κ3) is 3.86. The fourth-order valence-electron chi connectivity index (χ4n) is 1.81. The highest BCUT2D eigenvalue weighted by molar-refractivity contribution is 6.30. The lowest BCUT2D eigenvalue weighted by Crippen LogP contribution is -2.06. The van der Waals surface area contributed by atoms with Crippen LogP contribution in [0.4, 0.5) is 8.78 Å². The predicted molar refractivity (Wildman–Crippen MR) is 70.2 cm³/mol. The molecule has 98 valence electrons. The fourth-order valence-corrected chi connectivity index (χ4v) is 2.02. The van der Waals surface area contributed by atoms with Crippen LogP contribution in [-0.2, 0) is 17.6 Å². The zero-order valence-electron chi connectivity index (χ0n) is 10.00. The van der Waals surface area contributed by atoms with E-state index in [0.29, 0.717) is 11.1 Å². The number of carbonyl (C=O) groups excluding carboxylic acids is 1. The van der Waals surface area contributed by atoms with Gasteiger partial charge in [-0.05, 0) is 35.4 Å². The van der Waals surface area contributed by atoms with Gasteiger partial charge >= 0.3 is 0 Å². The first-order chi connectivity index (χ1) is 9.04. The second-order valence-corrected chi connectivity index (χ2v) is 4.68. The summed E-state index contributed by atoms with van der Waals surface area (Å²) in [5.74, 6) is -0.952. The van der Waals surface area contributed by atoms with E-state index >= 15 is 0 Å². The van der Waals surface area contributed by atoms with Gasteiger partial charge in [0.15, 0.2) is 0 Å². The Balaban J connectivity index is 2.03. The van der Waals surface area contributed by atoms with Crippen molar-refractivity contribution in [2.24, 2.45) is 0 Å². The van der Waals surface area contributed by atoms with Crippen LogP contribution in [0.2, 0.25) is 5.02 Å². The molecule has 0 heterocycles. The van der Waals surface area contributed by atoms with Gasteiger partial charge in [-0.1, -0.05) is 29.8 Å². The standard InChI is InChI=1S/C15H11ClF2O/c16-14-9-11(4-5-15(14)18)8-13(19)7-10-2-1-3-12(17)6-10/h1-6,9H,7-8H2. The van der Waals surface area contributed by atoms with E-state index in [1.807, 2.05) is 0 Å². The van der Waals surface area contributed by atoms with Gasteiger partial charge in [-0.3, -0.25) is 4.79 Å². The van der Waals surface area contributed by atoms with Crippen molar-refractivity contribution in [3.8, 4) is 0 Å². The third-order valence-corrected chi connectivity index (χ3v) is 2.97. The first kappa shape index (κ1) is 13.7. The minimum atomic E-state index is -0.511. The molecular formula is C15H11ClF2O. The molecule has 0 radical (unpaired) electrons. The number of hydrogen-bond acceptors (Lipinski definition) is 1. The summed E-state index contributed by atoms with van der Waals surface area (Å²) in [7, 11) is 0. The van der Waals surface area contributed by atoms with E-state index in [-0.39, 0.29) is 29.5 Å². The molecule has 0 aliphatic rings. The molecule has 2 aromatic carbocycles. The molecule has 1 nitrogen and oxygen atoms in total. The van der Waals surface area contributed by atoms with Crippen LogP contribution in [0.3, 0.4) is 0 Å². The number of ketones is 1. The van der Waals surface area contributed by atoms with Gasteiger partial charge in [0.2, 0.25) is 0 Å². The Morgan fingerprint density at radius 1 is 1.00 bits per heavy atom. The molecule has 0 aliphatic carbocycles. The van der Waals surface area contributed by atoms with E-state index in [2.05, 4.69) is 0 Å². The Hall–Kier alpha value is -1.74. The molecule has 2 aromatic rings. The fraction of sp³-hybridized carbons (Fsp3) is 0.133. The van der Waals surface area contributed by atoms with Crippen LogP contribution in [0.5, 0.6) is 0 Å². The Labute approximate surface area is 114 Å². The van der Waals surface area contributed by atoms with Crippen LogP contribution in [0, 0.1) is 11.6 Å². The van der Waals surface area contributed by atoms with Crippen molar-refractivity contribution in [2.45, 2.75) is 12.8 Å². The zero-order chi connectivity index (χ0) is 13.8. The van der Waals surface area contributed by atoms with E-state index < -0.39 is 5.82 Å². The van der Waals surface area contributed by atoms with Crippen LogP contribution < -0.4 is 0 Å². The Kier molecular flexibility index (Phi) is 4.27. The summed E-state index contributed by atoms with van der Waals surface area (Å²) in [5.41, 5.74) is 1.27. The lowest BCUT2D eigenvalue weighted by molar-refractivity contribution is -0.117. The van der Waals surface area contributed by atoms with Crippen LogP contribution in [-0.4, -0.2) is 5.78 Å². The average Bonchev–Trinajstić information content (AvgIpc) is 2.34. The first-order valence-corrected chi connectivity index (χ1v) is 6.12.